The van der Waals surface area contributed by atoms with E-state index in [1.807, 2.05) is 0 Å². The van der Waals surface area contributed by atoms with E-state index in [0.29, 0.717) is 25.1 Å². The zero-order chi connectivity index (χ0) is 20.4. The molecule has 3 fully saturated rings. The first kappa shape index (κ1) is 23.5. The predicted octanol–water partition coefficient (Wildman–Crippen LogP) is 0.687. The van der Waals surface area contributed by atoms with Crippen LogP contribution in [-0.2, 0) is 14.3 Å². The number of aliphatic imine (C=N–C) groups is 1. The highest BCUT2D eigenvalue weighted by Gasteiger charge is 2.58. The minimum atomic E-state index is -0.115. The SMILES string of the molecule is CN=C(NCCN1C(=O)C2C3C=CC(C3)C2C1=O)NCC1CCCN1CCOC.I. The molecule has 8 nitrogen and oxygen atoms in total. The lowest BCUT2D eigenvalue weighted by atomic mass is 9.85. The van der Waals surface area contributed by atoms with Crippen molar-refractivity contribution in [1.29, 1.82) is 0 Å². The largest absolute Gasteiger partial charge is 0.383 e. The number of nitrogens with one attached hydrogen (secondary N) is 2. The zero-order valence-corrected chi connectivity index (χ0v) is 20.2. The lowest BCUT2D eigenvalue weighted by Gasteiger charge is -2.25. The highest BCUT2D eigenvalue weighted by Crippen LogP contribution is 2.52. The highest BCUT2D eigenvalue weighted by atomic mass is 127. The molecule has 0 aromatic heterocycles. The number of methoxy groups -OCH3 is 1. The van der Waals surface area contributed by atoms with E-state index in [0.717, 1.165) is 32.7 Å². The molecular formula is C21H34IN5O3. The van der Waals surface area contributed by atoms with Crippen molar-refractivity contribution in [2.24, 2.45) is 28.7 Å². The average Bonchev–Trinajstić information content (AvgIpc) is 3.49. The Morgan fingerprint density at radius 2 is 1.87 bits per heavy atom. The maximum atomic E-state index is 12.7. The Labute approximate surface area is 195 Å². The Kier molecular flexibility index (Phi) is 8.14. The van der Waals surface area contributed by atoms with Gasteiger partial charge in [-0.25, -0.2) is 0 Å². The van der Waals surface area contributed by atoms with E-state index >= 15 is 0 Å². The van der Waals surface area contributed by atoms with Crippen molar-refractivity contribution < 1.29 is 14.3 Å². The number of halogens is 1. The van der Waals surface area contributed by atoms with E-state index in [1.165, 1.54) is 17.7 Å². The summed E-state index contributed by atoms with van der Waals surface area (Å²) in [6.45, 7) is 4.55. The molecule has 30 heavy (non-hydrogen) atoms. The standard InChI is InChI=1S/C21H33N5O3.HI/c1-22-21(24-13-16-4-3-8-25(16)10-11-29-2)23-7-9-26-19(27)17-14-5-6-15(12-14)18(17)20(26)28;/h5-6,14-18H,3-4,7-13H2,1-2H3,(H2,22,23,24);1H. The molecule has 0 aromatic rings. The van der Waals surface area contributed by atoms with Crippen LogP contribution in [0.1, 0.15) is 19.3 Å². The van der Waals surface area contributed by atoms with Gasteiger partial charge in [0, 0.05) is 46.4 Å². The minimum absolute atomic E-state index is 0. The second-order valence-corrected chi connectivity index (χ2v) is 8.53. The summed E-state index contributed by atoms with van der Waals surface area (Å²) < 4.78 is 5.20. The molecule has 2 saturated heterocycles. The molecule has 2 bridgehead atoms. The van der Waals surface area contributed by atoms with Crippen molar-refractivity contribution >= 4 is 41.8 Å². The van der Waals surface area contributed by atoms with Gasteiger partial charge in [0.05, 0.1) is 18.4 Å². The van der Waals surface area contributed by atoms with Crippen LogP contribution in [0.25, 0.3) is 0 Å². The quantitative estimate of drug-likeness (QED) is 0.158. The Balaban J connectivity index is 0.00000256. The maximum Gasteiger partial charge on any atom is 0.233 e. The van der Waals surface area contributed by atoms with Gasteiger partial charge in [-0.3, -0.25) is 24.4 Å². The molecular weight excluding hydrogens is 497 g/mol. The molecule has 1 saturated carbocycles. The number of guanidine groups is 1. The molecule has 5 unspecified atom stereocenters. The summed E-state index contributed by atoms with van der Waals surface area (Å²) in [4.78, 5) is 33.7. The number of carbonyl (C=O) groups excluding carboxylic acids is 2. The van der Waals surface area contributed by atoms with E-state index < -0.39 is 0 Å². The summed E-state index contributed by atoms with van der Waals surface area (Å²) in [5.41, 5.74) is 0. The minimum Gasteiger partial charge on any atom is -0.383 e. The topological polar surface area (TPSA) is 86.3 Å². The van der Waals surface area contributed by atoms with Crippen LogP contribution in [0.4, 0.5) is 0 Å². The third-order valence-electron chi connectivity index (χ3n) is 7.00. The second kappa shape index (κ2) is 10.4. The fourth-order valence-electron chi connectivity index (χ4n) is 5.53. The van der Waals surface area contributed by atoms with E-state index in [4.69, 9.17) is 4.74 Å². The third-order valence-corrected chi connectivity index (χ3v) is 7.00. The summed E-state index contributed by atoms with van der Waals surface area (Å²) in [6, 6.07) is 0.479. The van der Waals surface area contributed by atoms with Gasteiger partial charge in [-0.1, -0.05) is 12.2 Å². The Hall–Kier alpha value is -1.20. The molecule has 0 radical (unpaired) electrons. The summed E-state index contributed by atoms with van der Waals surface area (Å²) in [6.07, 6.45) is 7.61. The number of allylic oxidation sites excluding steroid dienone is 2. The van der Waals surface area contributed by atoms with Gasteiger partial charge in [-0.05, 0) is 37.6 Å². The number of likely N-dealkylation sites (tertiary alicyclic amines) is 2. The first-order valence-corrected chi connectivity index (χ1v) is 10.8. The van der Waals surface area contributed by atoms with Crippen molar-refractivity contribution in [3.05, 3.63) is 12.2 Å². The van der Waals surface area contributed by atoms with Gasteiger partial charge in [0.2, 0.25) is 11.8 Å². The molecule has 2 aliphatic carbocycles. The molecule has 0 spiro atoms. The molecule has 2 aliphatic heterocycles. The Morgan fingerprint density at radius 3 is 2.50 bits per heavy atom. The Bertz CT molecular complexity index is 670. The maximum absolute atomic E-state index is 12.7. The van der Waals surface area contributed by atoms with E-state index in [9.17, 15) is 9.59 Å². The number of fused-ring (bicyclic) bond motifs is 5. The van der Waals surface area contributed by atoms with Crippen molar-refractivity contribution in [3.8, 4) is 0 Å². The summed E-state index contributed by atoms with van der Waals surface area (Å²) >= 11 is 0. The zero-order valence-electron chi connectivity index (χ0n) is 17.9. The average molecular weight is 531 g/mol. The molecule has 9 heteroatoms. The van der Waals surface area contributed by atoms with Crippen LogP contribution in [0.2, 0.25) is 0 Å². The van der Waals surface area contributed by atoms with Crippen molar-refractivity contribution in [2.45, 2.75) is 25.3 Å². The van der Waals surface area contributed by atoms with Crippen LogP contribution in [-0.4, -0.2) is 87.1 Å². The van der Waals surface area contributed by atoms with Gasteiger partial charge in [0.15, 0.2) is 5.96 Å². The molecule has 4 rings (SSSR count). The van der Waals surface area contributed by atoms with Gasteiger partial charge < -0.3 is 15.4 Å². The van der Waals surface area contributed by atoms with E-state index in [-0.39, 0.29) is 59.5 Å². The molecule has 2 amide bonds. The summed E-state index contributed by atoms with van der Waals surface area (Å²) in [5.74, 6) is 1.04. The number of nitrogens with zero attached hydrogens (tertiary/aromatic N) is 3. The van der Waals surface area contributed by atoms with E-state index in [2.05, 4.69) is 32.7 Å². The normalized spacial score (nSPS) is 32.7. The van der Waals surface area contributed by atoms with Gasteiger partial charge in [0.25, 0.3) is 0 Å². The second-order valence-electron chi connectivity index (χ2n) is 8.53. The van der Waals surface area contributed by atoms with Crippen LogP contribution >= 0.6 is 24.0 Å². The fraction of sp³-hybridized carbons (Fsp3) is 0.762. The lowest BCUT2D eigenvalue weighted by Crippen LogP contribution is -2.47. The van der Waals surface area contributed by atoms with Crippen LogP contribution < -0.4 is 10.6 Å². The molecule has 5 atom stereocenters. The first-order chi connectivity index (χ1) is 14.1. The predicted molar refractivity (Wildman–Crippen MR) is 126 cm³/mol. The number of imide groups is 1. The van der Waals surface area contributed by atoms with E-state index in [1.54, 1.807) is 14.2 Å². The molecule has 4 aliphatic rings. The lowest BCUT2D eigenvalue weighted by molar-refractivity contribution is -0.140. The van der Waals surface area contributed by atoms with Gasteiger partial charge in [-0.2, -0.15) is 0 Å². The smallest absolute Gasteiger partial charge is 0.233 e. The van der Waals surface area contributed by atoms with Crippen LogP contribution in [0.3, 0.4) is 0 Å². The van der Waals surface area contributed by atoms with Gasteiger partial charge in [-0.15, -0.1) is 24.0 Å². The van der Waals surface area contributed by atoms with Gasteiger partial charge >= 0.3 is 0 Å². The van der Waals surface area contributed by atoms with Crippen molar-refractivity contribution in [3.63, 3.8) is 0 Å². The summed E-state index contributed by atoms with van der Waals surface area (Å²) in [5, 5.41) is 6.64. The first-order valence-electron chi connectivity index (χ1n) is 10.8. The third kappa shape index (κ3) is 4.52. The van der Waals surface area contributed by atoms with Crippen LogP contribution in [0, 0.1) is 23.7 Å². The number of amides is 2. The van der Waals surface area contributed by atoms with Gasteiger partial charge in [0.1, 0.15) is 0 Å². The van der Waals surface area contributed by atoms with Crippen molar-refractivity contribution in [1.82, 2.24) is 20.4 Å². The Morgan fingerprint density at radius 1 is 1.17 bits per heavy atom. The summed E-state index contributed by atoms with van der Waals surface area (Å²) in [7, 11) is 3.48. The number of rotatable bonds is 8. The monoisotopic (exact) mass is 531 g/mol. The molecule has 2 N–H and O–H groups in total. The number of hydrogen-bond donors (Lipinski definition) is 2. The number of ether oxygens (including phenoxy) is 1. The number of carbonyl (C=O) groups is 2. The number of hydrogen-bond acceptors (Lipinski definition) is 5. The molecule has 0 aromatic carbocycles. The van der Waals surface area contributed by atoms with Crippen LogP contribution in [0.15, 0.2) is 17.1 Å². The van der Waals surface area contributed by atoms with Crippen molar-refractivity contribution in [2.75, 3.05) is 53.5 Å². The molecule has 2 heterocycles. The molecule has 168 valence electrons. The highest BCUT2D eigenvalue weighted by molar-refractivity contribution is 14.0. The fourth-order valence-corrected chi connectivity index (χ4v) is 5.53. The van der Waals surface area contributed by atoms with Crippen LogP contribution in [0.5, 0.6) is 0 Å².